The van der Waals surface area contributed by atoms with Crippen LogP contribution in [0.3, 0.4) is 0 Å². The van der Waals surface area contributed by atoms with Gasteiger partial charge in [0.15, 0.2) is 0 Å². The topological polar surface area (TPSA) is 47.3 Å². The summed E-state index contributed by atoms with van der Waals surface area (Å²) in [5, 5.41) is 3.08. The van der Waals surface area contributed by atoms with Crippen molar-refractivity contribution < 1.29 is 4.74 Å². The molecule has 0 saturated heterocycles. The summed E-state index contributed by atoms with van der Waals surface area (Å²) in [6.45, 7) is 2.07. The molecule has 0 aliphatic rings. The normalized spacial score (nSPS) is 11.8. The lowest BCUT2D eigenvalue weighted by Crippen LogP contribution is -2.08. The minimum Gasteiger partial charge on any atom is -0.497 e. The monoisotopic (exact) mass is 250 g/mol. The highest BCUT2D eigenvalue weighted by atomic mass is 32.1. The summed E-state index contributed by atoms with van der Waals surface area (Å²) in [4.78, 5) is 0.792. The zero-order chi connectivity index (χ0) is 12.7. The Morgan fingerprint density at radius 1 is 1.53 bits per heavy atom. The minimum atomic E-state index is 0.579. The van der Waals surface area contributed by atoms with Gasteiger partial charge in [-0.05, 0) is 30.7 Å². The maximum atomic E-state index is 5.82. The SMILES string of the molecule is CC/C=C\C=C(N)Nc1ccc(OC)cc1S. The van der Waals surface area contributed by atoms with E-state index in [2.05, 4.69) is 24.9 Å². The summed E-state index contributed by atoms with van der Waals surface area (Å²) < 4.78 is 5.10. The Hall–Kier alpha value is -1.55. The van der Waals surface area contributed by atoms with Crippen molar-refractivity contribution in [2.45, 2.75) is 18.2 Å². The van der Waals surface area contributed by atoms with E-state index in [4.69, 9.17) is 10.5 Å². The van der Waals surface area contributed by atoms with Crippen molar-refractivity contribution in [1.29, 1.82) is 0 Å². The number of nitrogens with two attached hydrogens (primary N) is 1. The molecule has 0 aliphatic carbocycles. The number of benzene rings is 1. The van der Waals surface area contributed by atoms with Gasteiger partial charge in [-0.1, -0.05) is 19.1 Å². The predicted molar refractivity (Wildman–Crippen MR) is 75.6 cm³/mol. The summed E-state index contributed by atoms with van der Waals surface area (Å²) in [5.41, 5.74) is 6.67. The van der Waals surface area contributed by atoms with E-state index < -0.39 is 0 Å². The first-order chi connectivity index (χ1) is 8.17. The molecule has 0 fully saturated rings. The van der Waals surface area contributed by atoms with Crippen LogP contribution in [0.2, 0.25) is 0 Å². The molecule has 4 heteroatoms. The van der Waals surface area contributed by atoms with Crippen molar-refractivity contribution in [3.05, 3.63) is 42.2 Å². The van der Waals surface area contributed by atoms with E-state index in [-0.39, 0.29) is 0 Å². The van der Waals surface area contributed by atoms with E-state index in [0.717, 1.165) is 22.8 Å². The average molecular weight is 250 g/mol. The van der Waals surface area contributed by atoms with Crippen LogP contribution in [0.1, 0.15) is 13.3 Å². The highest BCUT2D eigenvalue weighted by Gasteiger charge is 2.00. The molecule has 0 aromatic heterocycles. The Balaban J connectivity index is 2.74. The van der Waals surface area contributed by atoms with Gasteiger partial charge in [-0.3, -0.25) is 0 Å². The van der Waals surface area contributed by atoms with Crippen LogP contribution in [0.5, 0.6) is 5.75 Å². The molecule has 17 heavy (non-hydrogen) atoms. The van der Waals surface area contributed by atoms with Gasteiger partial charge in [-0.25, -0.2) is 0 Å². The molecule has 0 aliphatic heterocycles. The number of rotatable bonds is 5. The molecule has 0 unspecified atom stereocenters. The molecular formula is C13H18N2OS. The largest absolute Gasteiger partial charge is 0.497 e. The Morgan fingerprint density at radius 2 is 2.29 bits per heavy atom. The number of hydrogen-bond acceptors (Lipinski definition) is 4. The van der Waals surface area contributed by atoms with E-state index >= 15 is 0 Å². The van der Waals surface area contributed by atoms with Gasteiger partial charge in [0.05, 0.1) is 12.8 Å². The summed E-state index contributed by atoms with van der Waals surface area (Å²) in [7, 11) is 1.62. The summed E-state index contributed by atoms with van der Waals surface area (Å²) >= 11 is 4.36. The lowest BCUT2D eigenvalue weighted by atomic mass is 10.3. The highest BCUT2D eigenvalue weighted by Crippen LogP contribution is 2.25. The maximum absolute atomic E-state index is 5.82. The zero-order valence-corrected chi connectivity index (χ0v) is 11.0. The fourth-order valence-electron chi connectivity index (χ4n) is 1.25. The number of allylic oxidation sites excluding steroid dienone is 3. The predicted octanol–water partition coefficient (Wildman–Crippen LogP) is 3.16. The van der Waals surface area contributed by atoms with Gasteiger partial charge >= 0.3 is 0 Å². The van der Waals surface area contributed by atoms with Crippen molar-refractivity contribution >= 4 is 18.3 Å². The Kier molecular flexibility index (Phi) is 5.49. The molecule has 0 radical (unpaired) electrons. The third-order valence-corrected chi connectivity index (χ3v) is 2.50. The summed E-state index contributed by atoms with van der Waals surface area (Å²) in [6, 6.07) is 5.57. The van der Waals surface area contributed by atoms with E-state index in [9.17, 15) is 0 Å². The van der Waals surface area contributed by atoms with Gasteiger partial charge in [-0.2, -0.15) is 0 Å². The van der Waals surface area contributed by atoms with Crippen LogP contribution in [-0.2, 0) is 0 Å². The molecule has 1 aromatic rings. The van der Waals surface area contributed by atoms with Crippen LogP contribution in [-0.4, -0.2) is 7.11 Å². The van der Waals surface area contributed by atoms with E-state index in [1.807, 2.05) is 36.4 Å². The van der Waals surface area contributed by atoms with Crippen molar-refractivity contribution in [1.82, 2.24) is 0 Å². The molecule has 0 bridgehead atoms. The van der Waals surface area contributed by atoms with Crippen LogP contribution >= 0.6 is 12.6 Å². The van der Waals surface area contributed by atoms with Gasteiger partial charge in [0.2, 0.25) is 0 Å². The van der Waals surface area contributed by atoms with Crippen molar-refractivity contribution in [2.75, 3.05) is 12.4 Å². The molecule has 3 nitrogen and oxygen atoms in total. The molecule has 92 valence electrons. The number of ether oxygens (including phenoxy) is 1. The molecule has 0 spiro atoms. The number of nitrogens with one attached hydrogen (secondary N) is 1. The van der Waals surface area contributed by atoms with Crippen molar-refractivity contribution in [2.24, 2.45) is 5.73 Å². The third-order valence-electron chi connectivity index (χ3n) is 2.13. The van der Waals surface area contributed by atoms with Gasteiger partial charge in [0.1, 0.15) is 11.6 Å². The van der Waals surface area contributed by atoms with Crippen molar-refractivity contribution in [3.8, 4) is 5.75 Å². The molecule has 0 amide bonds. The quantitative estimate of drug-likeness (QED) is 0.555. The van der Waals surface area contributed by atoms with Gasteiger partial charge in [0.25, 0.3) is 0 Å². The lowest BCUT2D eigenvalue weighted by molar-refractivity contribution is 0.414. The van der Waals surface area contributed by atoms with Crippen LogP contribution < -0.4 is 15.8 Å². The smallest absolute Gasteiger partial charge is 0.120 e. The molecular weight excluding hydrogens is 232 g/mol. The first kappa shape index (κ1) is 13.5. The lowest BCUT2D eigenvalue weighted by Gasteiger charge is -2.09. The third kappa shape index (κ3) is 4.44. The average Bonchev–Trinajstić information content (AvgIpc) is 2.32. The van der Waals surface area contributed by atoms with Crippen LogP contribution in [0.4, 0.5) is 5.69 Å². The van der Waals surface area contributed by atoms with Crippen molar-refractivity contribution in [3.63, 3.8) is 0 Å². The molecule has 0 heterocycles. The Bertz CT molecular complexity index is 427. The molecule has 1 rings (SSSR count). The number of thiol groups is 1. The van der Waals surface area contributed by atoms with E-state index in [0.29, 0.717) is 5.82 Å². The van der Waals surface area contributed by atoms with E-state index in [1.54, 1.807) is 7.11 Å². The first-order valence-electron chi connectivity index (χ1n) is 5.43. The van der Waals surface area contributed by atoms with Crippen LogP contribution in [0, 0.1) is 0 Å². The van der Waals surface area contributed by atoms with Gasteiger partial charge < -0.3 is 15.8 Å². The molecule has 0 atom stereocenters. The standard InChI is InChI=1S/C13H18N2OS/c1-3-4-5-6-13(14)15-11-8-7-10(16-2)9-12(11)17/h4-9,15,17H,3,14H2,1-2H3/b5-4-,13-6?. The van der Waals surface area contributed by atoms with Gasteiger partial charge in [-0.15, -0.1) is 12.6 Å². The summed E-state index contributed by atoms with van der Waals surface area (Å²) in [5.74, 6) is 1.35. The van der Waals surface area contributed by atoms with E-state index in [1.165, 1.54) is 0 Å². The van der Waals surface area contributed by atoms with Gasteiger partial charge in [0, 0.05) is 4.90 Å². The summed E-state index contributed by atoms with van der Waals surface area (Å²) in [6.07, 6.45) is 6.76. The molecule has 3 N–H and O–H groups in total. The number of hydrogen-bond donors (Lipinski definition) is 3. The second kappa shape index (κ2) is 6.91. The second-order valence-corrected chi connectivity index (χ2v) is 3.95. The Morgan fingerprint density at radius 3 is 2.88 bits per heavy atom. The highest BCUT2D eigenvalue weighted by molar-refractivity contribution is 7.80. The fraction of sp³-hybridized carbons (Fsp3) is 0.231. The number of methoxy groups -OCH3 is 1. The Labute approximate surface area is 108 Å². The van der Waals surface area contributed by atoms with Crippen LogP contribution in [0.15, 0.2) is 47.1 Å². The first-order valence-corrected chi connectivity index (χ1v) is 5.88. The molecule has 1 aromatic carbocycles. The molecule has 0 saturated carbocycles. The maximum Gasteiger partial charge on any atom is 0.120 e. The van der Waals surface area contributed by atoms with Crippen LogP contribution in [0.25, 0.3) is 0 Å². The zero-order valence-electron chi connectivity index (χ0n) is 10.1. The fourth-order valence-corrected chi connectivity index (χ4v) is 1.51. The number of anilines is 1. The second-order valence-electron chi connectivity index (χ2n) is 3.47. The minimum absolute atomic E-state index is 0.579.